The maximum absolute atomic E-state index is 12.3. The highest BCUT2D eigenvalue weighted by atomic mass is 35.5. The van der Waals surface area contributed by atoms with Gasteiger partial charge in [-0.1, -0.05) is 11.6 Å². The number of benzene rings is 1. The Morgan fingerprint density at radius 3 is 2.53 bits per heavy atom. The number of alkyl halides is 3. The minimum Gasteiger partial charge on any atom is -0.340 e. The molecule has 0 heterocycles. The molecule has 0 aliphatic carbocycles. The Hall–Kier alpha value is -1.31. The van der Waals surface area contributed by atoms with Gasteiger partial charge in [0, 0.05) is 0 Å². The predicted octanol–water partition coefficient (Wildman–Crippen LogP) is 2.58. The lowest BCUT2D eigenvalue weighted by Gasteiger charge is -2.09. The zero-order valence-electron chi connectivity index (χ0n) is 8.47. The van der Waals surface area contributed by atoms with Crippen molar-refractivity contribution in [3.05, 3.63) is 34.3 Å². The lowest BCUT2D eigenvalue weighted by molar-refractivity contribution is -0.137. The molecule has 4 nitrogen and oxygen atoms in total. The van der Waals surface area contributed by atoms with E-state index in [-0.39, 0.29) is 10.6 Å². The van der Waals surface area contributed by atoms with Crippen molar-refractivity contribution in [3.8, 4) is 0 Å². The maximum Gasteiger partial charge on any atom is 0.416 e. The topological polar surface area (TPSA) is 47.6 Å². The summed E-state index contributed by atoms with van der Waals surface area (Å²) in [5.41, 5.74) is 0.638. The molecule has 0 amide bonds. The molecule has 1 N–H and O–H groups in total. The van der Waals surface area contributed by atoms with Crippen molar-refractivity contribution < 1.29 is 27.6 Å². The second-order valence-corrected chi connectivity index (χ2v) is 3.28. The van der Waals surface area contributed by atoms with Gasteiger partial charge in [-0.3, -0.25) is 4.84 Å². The molecule has 0 atom stereocenters. The van der Waals surface area contributed by atoms with Crippen molar-refractivity contribution in [1.29, 1.82) is 0 Å². The van der Waals surface area contributed by atoms with E-state index in [1.54, 1.807) is 5.64 Å². The third-order valence-electron chi connectivity index (χ3n) is 1.73. The van der Waals surface area contributed by atoms with Crippen LogP contribution in [-0.2, 0) is 15.9 Å². The van der Waals surface area contributed by atoms with Crippen LogP contribution in [0.15, 0.2) is 18.2 Å². The molecule has 1 aromatic rings. The van der Waals surface area contributed by atoms with Crippen LogP contribution in [0.2, 0.25) is 5.02 Å². The van der Waals surface area contributed by atoms with Gasteiger partial charge in [0.05, 0.1) is 23.3 Å². The molecule has 0 fully saturated rings. The van der Waals surface area contributed by atoms with E-state index in [9.17, 15) is 18.0 Å². The highest BCUT2D eigenvalue weighted by Crippen LogP contribution is 2.32. The van der Waals surface area contributed by atoms with Gasteiger partial charge in [-0.05, 0) is 23.8 Å². The minimum absolute atomic E-state index is 0.204. The van der Waals surface area contributed by atoms with Crippen LogP contribution in [0.4, 0.5) is 13.2 Å². The molecule has 0 spiro atoms. The highest BCUT2D eigenvalue weighted by Gasteiger charge is 2.31. The smallest absolute Gasteiger partial charge is 0.340 e. The molecule has 0 unspecified atom stereocenters. The first-order valence-corrected chi connectivity index (χ1v) is 4.60. The molecule has 0 bridgehead atoms. The van der Waals surface area contributed by atoms with Crippen molar-refractivity contribution in [2.75, 3.05) is 7.11 Å². The van der Waals surface area contributed by atoms with Gasteiger partial charge in [0.15, 0.2) is 0 Å². The number of rotatable bonds is 3. The number of nitrogens with one attached hydrogen (secondary N) is 1. The molecule has 0 saturated carbocycles. The number of hydrogen-bond acceptors (Lipinski definition) is 4. The molecule has 8 heteroatoms. The Kier molecular flexibility index (Phi) is 4.33. The van der Waals surface area contributed by atoms with Gasteiger partial charge in [-0.15, -0.1) is 0 Å². The summed E-state index contributed by atoms with van der Waals surface area (Å²) in [6.45, 7) is 0. The monoisotopic (exact) mass is 269 g/mol. The zero-order valence-corrected chi connectivity index (χ0v) is 9.22. The van der Waals surface area contributed by atoms with Crippen LogP contribution >= 0.6 is 11.6 Å². The fourth-order valence-electron chi connectivity index (χ4n) is 0.991. The molecule has 1 rings (SSSR count). The molecule has 0 aliphatic heterocycles. The maximum atomic E-state index is 12.3. The lowest BCUT2D eigenvalue weighted by atomic mass is 10.1. The molecule has 1 aromatic carbocycles. The normalized spacial score (nSPS) is 11.4. The average molecular weight is 270 g/mol. The van der Waals surface area contributed by atoms with Gasteiger partial charge >= 0.3 is 12.1 Å². The average Bonchev–Trinajstić information content (AvgIpc) is 2.24. The number of hydrogen-bond donors (Lipinski definition) is 1. The van der Waals surface area contributed by atoms with Gasteiger partial charge in [-0.2, -0.15) is 13.2 Å². The predicted molar refractivity (Wildman–Crippen MR) is 52.0 cm³/mol. The van der Waals surface area contributed by atoms with Crippen molar-refractivity contribution in [2.24, 2.45) is 0 Å². The van der Waals surface area contributed by atoms with E-state index in [0.29, 0.717) is 6.07 Å². The third kappa shape index (κ3) is 3.58. The first-order chi connectivity index (χ1) is 7.86. The summed E-state index contributed by atoms with van der Waals surface area (Å²) in [6, 6.07) is 2.30. The Bertz CT molecular complexity index is 422. The van der Waals surface area contributed by atoms with Crippen molar-refractivity contribution in [3.63, 3.8) is 0 Å². The van der Waals surface area contributed by atoms with E-state index >= 15 is 0 Å². The van der Waals surface area contributed by atoms with Crippen LogP contribution < -0.4 is 5.64 Å². The largest absolute Gasteiger partial charge is 0.416 e. The van der Waals surface area contributed by atoms with E-state index in [1.807, 2.05) is 0 Å². The molecule has 17 heavy (non-hydrogen) atoms. The summed E-state index contributed by atoms with van der Waals surface area (Å²) in [5, 5.41) is -0.359. The Morgan fingerprint density at radius 1 is 1.41 bits per heavy atom. The summed E-state index contributed by atoms with van der Waals surface area (Å²) in [7, 11) is 1.20. The van der Waals surface area contributed by atoms with Crippen LogP contribution in [-0.4, -0.2) is 13.1 Å². The molecule has 0 saturated heterocycles. The van der Waals surface area contributed by atoms with Gasteiger partial charge in [0.2, 0.25) is 0 Å². The van der Waals surface area contributed by atoms with E-state index < -0.39 is 17.7 Å². The fraction of sp³-hybridized carbons (Fsp3) is 0.222. The number of carbonyl (C=O) groups is 1. The Balaban J connectivity index is 2.94. The summed E-state index contributed by atoms with van der Waals surface area (Å²) in [5.74, 6) is -0.953. The van der Waals surface area contributed by atoms with Gasteiger partial charge in [0.25, 0.3) is 0 Å². The standard InChI is InChI=1S/C9H7ClF3NO3/c1-16-14-17-8(15)6-3-2-5(4-7(6)10)9(11,12)13/h2-4,14H,1H3. The molecule has 0 aliphatic rings. The number of halogens is 4. The Morgan fingerprint density at radius 2 is 2.06 bits per heavy atom. The lowest BCUT2D eigenvalue weighted by Crippen LogP contribution is -2.19. The minimum atomic E-state index is -4.52. The van der Waals surface area contributed by atoms with Crippen molar-refractivity contribution in [2.45, 2.75) is 6.18 Å². The highest BCUT2D eigenvalue weighted by molar-refractivity contribution is 6.33. The van der Waals surface area contributed by atoms with Crippen LogP contribution in [0.25, 0.3) is 0 Å². The van der Waals surface area contributed by atoms with E-state index in [4.69, 9.17) is 11.6 Å². The zero-order chi connectivity index (χ0) is 13.1. The summed E-state index contributed by atoms with van der Waals surface area (Å²) in [4.78, 5) is 19.8. The van der Waals surface area contributed by atoms with Crippen LogP contribution in [0.5, 0.6) is 0 Å². The number of carbonyl (C=O) groups excluding carboxylic acids is 1. The van der Waals surface area contributed by atoms with E-state index in [0.717, 1.165) is 12.1 Å². The molecular weight excluding hydrogens is 263 g/mol. The van der Waals surface area contributed by atoms with Crippen molar-refractivity contribution >= 4 is 17.6 Å². The molecule has 94 valence electrons. The first-order valence-electron chi connectivity index (χ1n) is 4.22. The Labute approximate surface area is 99.2 Å². The van der Waals surface area contributed by atoms with Crippen LogP contribution in [0, 0.1) is 0 Å². The molecule has 0 aromatic heterocycles. The van der Waals surface area contributed by atoms with Gasteiger partial charge < -0.3 is 4.84 Å². The molecular formula is C9H7ClF3NO3. The second kappa shape index (κ2) is 5.35. The summed E-state index contributed by atoms with van der Waals surface area (Å²) < 4.78 is 36.9. The molecule has 0 radical (unpaired) electrons. The summed E-state index contributed by atoms with van der Waals surface area (Å²) in [6.07, 6.45) is -4.52. The van der Waals surface area contributed by atoms with Gasteiger partial charge in [-0.25, -0.2) is 4.79 Å². The second-order valence-electron chi connectivity index (χ2n) is 2.87. The van der Waals surface area contributed by atoms with Gasteiger partial charge in [0.1, 0.15) is 0 Å². The van der Waals surface area contributed by atoms with E-state index in [1.165, 1.54) is 7.11 Å². The quantitative estimate of drug-likeness (QED) is 0.857. The summed E-state index contributed by atoms with van der Waals surface area (Å²) >= 11 is 5.54. The SMILES string of the molecule is CONOC(=O)c1ccc(C(F)(F)F)cc1Cl. The van der Waals surface area contributed by atoms with E-state index in [2.05, 4.69) is 9.68 Å². The first kappa shape index (κ1) is 13.8. The fourth-order valence-corrected chi connectivity index (χ4v) is 1.25. The van der Waals surface area contributed by atoms with Crippen LogP contribution in [0.1, 0.15) is 15.9 Å². The van der Waals surface area contributed by atoms with Crippen molar-refractivity contribution in [1.82, 2.24) is 5.64 Å². The third-order valence-corrected chi connectivity index (χ3v) is 2.05. The van der Waals surface area contributed by atoms with Crippen LogP contribution in [0.3, 0.4) is 0 Å².